The van der Waals surface area contributed by atoms with Crippen LogP contribution in [-0.2, 0) is 9.59 Å². The van der Waals surface area contributed by atoms with Crippen LogP contribution in [0.15, 0.2) is 0 Å². The third-order valence-electron chi connectivity index (χ3n) is 5.65. The van der Waals surface area contributed by atoms with Gasteiger partial charge in [-0.2, -0.15) is 0 Å². The maximum absolute atomic E-state index is 12.9. The third kappa shape index (κ3) is 3.82. The number of rotatable bonds is 2. The van der Waals surface area contributed by atoms with Gasteiger partial charge in [-0.25, -0.2) is 0 Å². The molecule has 3 rings (SSSR count). The van der Waals surface area contributed by atoms with E-state index in [1.54, 1.807) is 0 Å². The number of hydrogen-bond acceptors (Lipinski definition) is 3. The maximum Gasteiger partial charge on any atom is 0.245 e. The standard InChI is InChI=1S/C17H29N3O2.ClH/c1-12(2)16(21)20-7-3-4-15(20)17(22)19-8-5-13-10-18-11-14(13)6-9-19;/h12-15,18H,3-11H2,1-2H3;1H/t13-,14+,15?;. The van der Waals surface area contributed by atoms with Crippen LogP contribution in [0.1, 0.15) is 39.5 Å². The van der Waals surface area contributed by atoms with Gasteiger partial charge >= 0.3 is 0 Å². The highest BCUT2D eigenvalue weighted by Gasteiger charge is 2.39. The van der Waals surface area contributed by atoms with Gasteiger partial charge in [-0.05, 0) is 50.6 Å². The summed E-state index contributed by atoms with van der Waals surface area (Å²) in [4.78, 5) is 29.1. The van der Waals surface area contributed by atoms with Crippen molar-refractivity contribution in [3.05, 3.63) is 0 Å². The summed E-state index contributed by atoms with van der Waals surface area (Å²) in [6.07, 6.45) is 4.00. The highest BCUT2D eigenvalue weighted by molar-refractivity contribution is 5.89. The molecule has 132 valence electrons. The molecule has 0 aromatic carbocycles. The Balaban J connectivity index is 0.00000192. The second-order valence-corrected chi connectivity index (χ2v) is 7.43. The number of nitrogens with one attached hydrogen (secondary N) is 1. The summed E-state index contributed by atoms with van der Waals surface area (Å²) in [5.74, 6) is 1.76. The van der Waals surface area contributed by atoms with Crippen molar-refractivity contribution >= 4 is 24.2 Å². The molecule has 0 aliphatic carbocycles. The fourth-order valence-corrected chi connectivity index (χ4v) is 4.27. The molecule has 0 aromatic heterocycles. The number of hydrogen-bond donors (Lipinski definition) is 1. The van der Waals surface area contributed by atoms with E-state index in [1.165, 1.54) is 0 Å². The molecule has 23 heavy (non-hydrogen) atoms. The molecule has 3 fully saturated rings. The van der Waals surface area contributed by atoms with Gasteiger partial charge in [0.15, 0.2) is 0 Å². The smallest absolute Gasteiger partial charge is 0.245 e. The Morgan fingerprint density at radius 3 is 2.17 bits per heavy atom. The lowest BCUT2D eigenvalue weighted by Gasteiger charge is -2.30. The van der Waals surface area contributed by atoms with Crippen LogP contribution in [0.5, 0.6) is 0 Å². The second kappa shape index (κ2) is 7.84. The molecule has 1 unspecified atom stereocenters. The number of halogens is 1. The summed E-state index contributed by atoms with van der Waals surface area (Å²) in [7, 11) is 0. The van der Waals surface area contributed by atoms with Crippen LogP contribution in [0.25, 0.3) is 0 Å². The first-order valence-corrected chi connectivity index (χ1v) is 8.88. The van der Waals surface area contributed by atoms with E-state index in [9.17, 15) is 9.59 Å². The van der Waals surface area contributed by atoms with Gasteiger partial charge in [0, 0.05) is 25.6 Å². The first-order valence-electron chi connectivity index (χ1n) is 8.88. The minimum absolute atomic E-state index is 0. The summed E-state index contributed by atoms with van der Waals surface area (Å²) in [5.41, 5.74) is 0. The summed E-state index contributed by atoms with van der Waals surface area (Å²) in [6, 6.07) is -0.203. The van der Waals surface area contributed by atoms with Crippen molar-refractivity contribution in [3.8, 4) is 0 Å². The van der Waals surface area contributed by atoms with Crippen LogP contribution in [0.4, 0.5) is 0 Å². The van der Waals surface area contributed by atoms with Crippen LogP contribution in [0.2, 0.25) is 0 Å². The first kappa shape index (κ1) is 18.5. The molecule has 0 bridgehead atoms. The summed E-state index contributed by atoms with van der Waals surface area (Å²) in [5, 5.41) is 3.47. The predicted molar refractivity (Wildman–Crippen MR) is 92.5 cm³/mol. The molecule has 3 aliphatic heterocycles. The van der Waals surface area contributed by atoms with E-state index in [0.29, 0.717) is 0 Å². The van der Waals surface area contributed by atoms with Crippen molar-refractivity contribution in [2.45, 2.75) is 45.6 Å². The lowest BCUT2D eigenvalue weighted by Crippen LogP contribution is -2.49. The van der Waals surface area contributed by atoms with Crippen LogP contribution in [-0.4, -0.2) is 60.4 Å². The van der Waals surface area contributed by atoms with Crippen molar-refractivity contribution in [1.82, 2.24) is 15.1 Å². The summed E-state index contributed by atoms with van der Waals surface area (Å²) in [6.45, 7) is 8.52. The van der Waals surface area contributed by atoms with E-state index >= 15 is 0 Å². The van der Waals surface area contributed by atoms with Gasteiger partial charge in [0.05, 0.1) is 0 Å². The van der Waals surface area contributed by atoms with Gasteiger partial charge in [-0.15, -0.1) is 12.4 Å². The highest BCUT2D eigenvalue weighted by Crippen LogP contribution is 2.29. The first-order chi connectivity index (χ1) is 10.6. The zero-order valence-electron chi connectivity index (χ0n) is 14.3. The Hall–Kier alpha value is -0.810. The molecule has 6 heteroatoms. The van der Waals surface area contributed by atoms with Crippen molar-refractivity contribution in [1.29, 1.82) is 0 Å². The molecule has 0 aromatic rings. The summed E-state index contributed by atoms with van der Waals surface area (Å²) >= 11 is 0. The van der Waals surface area contributed by atoms with Crippen LogP contribution >= 0.6 is 12.4 Å². The third-order valence-corrected chi connectivity index (χ3v) is 5.65. The SMILES string of the molecule is CC(C)C(=O)N1CCCC1C(=O)N1CC[C@@H]2CNC[C@@H]2CC1.Cl. The van der Waals surface area contributed by atoms with Gasteiger partial charge in [-0.1, -0.05) is 13.8 Å². The molecule has 0 radical (unpaired) electrons. The van der Waals surface area contributed by atoms with E-state index in [-0.39, 0.29) is 36.2 Å². The van der Waals surface area contributed by atoms with Crippen molar-refractivity contribution in [2.75, 3.05) is 32.7 Å². The van der Waals surface area contributed by atoms with E-state index in [2.05, 4.69) is 5.32 Å². The number of carbonyl (C=O) groups excluding carboxylic acids is 2. The minimum Gasteiger partial charge on any atom is -0.341 e. The zero-order valence-corrected chi connectivity index (χ0v) is 15.1. The topological polar surface area (TPSA) is 52.7 Å². The van der Waals surface area contributed by atoms with Crippen molar-refractivity contribution in [3.63, 3.8) is 0 Å². The fourth-order valence-electron chi connectivity index (χ4n) is 4.27. The van der Waals surface area contributed by atoms with E-state index in [0.717, 1.165) is 70.2 Å². The molecular weight excluding hydrogens is 314 g/mol. The lowest BCUT2D eigenvalue weighted by molar-refractivity contribution is -0.145. The minimum atomic E-state index is -0.203. The van der Waals surface area contributed by atoms with E-state index in [4.69, 9.17) is 0 Å². The van der Waals surface area contributed by atoms with Gasteiger partial charge in [-0.3, -0.25) is 9.59 Å². The average molecular weight is 344 g/mol. The van der Waals surface area contributed by atoms with Crippen LogP contribution in [0, 0.1) is 17.8 Å². The normalized spacial score (nSPS) is 30.8. The molecule has 3 aliphatic rings. The number of fused-ring (bicyclic) bond motifs is 1. The molecule has 3 heterocycles. The number of carbonyl (C=O) groups is 2. The second-order valence-electron chi connectivity index (χ2n) is 7.43. The largest absolute Gasteiger partial charge is 0.341 e. The quantitative estimate of drug-likeness (QED) is 0.827. The molecule has 2 amide bonds. The number of likely N-dealkylation sites (tertiary alicyclic amines) is 2. The maximum atomic E-state index is 12.9. The Morgan fingerprint density at radius 1 is 1.00 bits per heavy atom. The fraction of sp³-hybridized carbons (Fsp3) is 0.882. The molecule has 0 saturated carbocycles. The van der Waals surface area contributed by atoms with Gasteiger partial charge in [0.1, 0.15) is 6.04 Å². The van der Waals surface area contributed by atoms with E-state index in [1.807, 2.05) is 23.6 Å². The van der Waals surface area contributed by atoms with Gasteiger partial charge in [0.25, 0.3) is 0 Å². The highest BCUT2D eigenvalue weighted by atomic mass is 35.5. The van der Waals surface area contributed by atoms with Gasteiger partial charge in [0.2, 0.25) is 11.8 Å². The van der Waals surface area contributed by atoms with Crippen molar-refractivity contribution < 1.29 is 9.59 Å². The molecule has 1 N–H and O–H groups in total. The Bertz CT molecular complexity index is 430. The Morgan fingerprint density at radius 2 is 1.61 bits per heavy atom. The monoisotopic (exact) mass is 343 g/mol. The molecule has 3 saturated heterocycles. The zero-order chi connectivity index (χ0) is 15.7. The Labute approximate surface area is 145 Å². The van der Waals surface area contributed by atoms with Crippen LogP contribution in [0.3, 0.4) is 0 Å². The molecular formula is C17H30ClN3O2. The van der Waals surface area contributed by atoms with E-state index < -0.39 is 0 Å². The Kier molecular flexibility index (Phi) is 6.32. The average Bonchev–Trinajstić information content (AvgIpc) is 3.11. The number of amides is 2. The molecule has 3 atom stereocenters. The predicted octanol–water partition coefficient (Wildman–Crippen LogP) is 1.51. The van der Waals surface area contributed by atoms with Crippen molar-refractivity contribution in [2.24, 2.45) is 17.8 Å². The summed E-state index contributed by atoms with van der Waals surface area (Å²) < 4.78 is 0. The molecule has 0 spiro atoms. The van der Waals surface area contributed by atoms with Gasteiger partial charge < -0.3 is 15.1 Å². The number of nitrogens with zero attached hydrogens (tertiary/aromatic N) is 2. The molecule has 5 nitrogen and oxygen atoms in total. The lowest BCUT2D eigenvalue weighted by atomic mass is 9.92. The van der Waals surface area contributed by atoms with Crippen LogP contribution < -0.4 is 5.32 Å².